The van der Waals surface area contributed by atoms with Crippen molar-refractivity contribution in [2.45, 2.75) is 64.6 Å². The number of fused-ring (bicyclic) bond motifs is 3. The third-order valence-electron chi connectivity index (χ3n) is 6.22. The number of hydrogen-bond donors (Lipinski definition) is 0. The van der Waals surface area contributed by atoms with E-state index in [1.807, 2.05) is 49.6 Å². The number of halogens is 2. The molecule has 2 aliphatic rings. The summed E-state index contributed by atoms with van der Waals surface area (Å²) in [6.45, 7) is 6.14. The highest BCUT2D eigenvalue weighted by atomic mass is 35.5. The molecule has 2 aromatic heterocycles. The van der Waals surface area contributed by atoms with Gasteiger partial charge in [-0.25, -0.2) is 9.18 Å². The molecule has 182 valence electrons. The van der Waals surface area contributed by atoms with E-state index in [-0.39, 0.29) is 18.3 Å². The SMILES string of the molecule is CC(C)(C)OC(=O)N1Cc2cc(Cl)ccc2-n2c(nnc2C2CC=C(c3ncccc3F)CC2)C1. The molecule has 0 fully saturated rings. The molecule has 1 aliphatic heterocycles. The Balaban J connectivity index is 1.49. The molecule has 0 saturated heterocycles. The van der Waals surface area contributed by atoms with Crippen LogP contribution in [0.3, 0.4) is 0 Å². The van der Waals surface area contributed by atoms with Gasteiger partial charge in [-0.15, -0.1) is 10.2 Å². The Bertz CT molecular complexity index is 1310. The molecule has 3 heterocycles. The molecule has 0 saturated carbocycles. The van der Waals surface area contributed by atoms with Crippen LogP contribution in [-0.4, -0.2) is 36.3 Å². The van der Waals surface area contributed by atoms with Crippen LogP contribution in [0.25, 0.3) is 11.3 Å². The lowest BCUT2D eigenvalue weighted by molar-refractivity contribution is 0.0214. The fraction of sp³-hybridized carbons (Fsp3) is 0.385. The number of hydrogen-bond acceptors (Lipinski definition) is 5. The van der Waals surface area contributed by atoms with Crippen molar-refractivity contribution in [3.63, 3.8) is 0 Å². The minimum Gasteiger partial charge on any atom is -0.444 e. The van der Waals surface area contributed by atoms with Gasteiger partial charge < -0.3 is 4.74 Å². The maximum Gasteiger partial charge on any atom is 0.411 e. The van der Waals surface area contributed by atoms with Crippen LogP contribution in [0.5, 0.6) is 0 Å². The lowest BCUT2D eigenvalue weighted by Gasteiger charge is -2.26. The summed E-state index contributed by atoms with van der Waals surface area (Å²) in [5.74, 6) is 1.29. The molecule has 0 spiro atoms. The molecule has 3 aromatic rings. The number of benzene rings is 1. The van der Waals surface area contributed by atoms with Gasteiger partial charge in [-0.1, -0.05) is 17.7 Å². The Hall–Kier alpha value is -3.26. The summed E-state index contributed by atoms with van der Waals surface area (Å²) >= 11 is 6.32. The molecule has 1 atom stereocenters. The zero-order valence-corrected chi connectivity index (χ0v) is 20.7. The number of carbonyl (C=O) groups excluding carboxylic acids is 1. The van der Waals surface area contributed by atoms with Crippen molar-refractivity contribution in [3.8, 4) is 5.69 Å². The summed E-state index contributed by atoms with van der Waals surface area (Å²) in [5, 5.41) is 9.61. The molecule has 0 radical (unpaired) electrons. The van der Waals surface area contributed by atoms with Crippen molar-refractivity contribution in [2.75, 3.05) is 0 Å². The number of amides is 1. The van der Waals surface area contributed by atoms with Gasteiger partial charge in [-0.05, 0) is 81.5 Å². The number of rotatable bonds is 2. The predicted molar refractivity (Wildman–Crippen MR) is 131 cm³/mol. The van der Waals surface area contributed by atoms with Gasteiger partial charge in [0.15, 0.2) is 5.82 Å². The molecular weight excluding hydrogens is 469 g/mol. The van der Waals surface area contributed by atoms with Gasteiger partial charge in [-0.3, -0.25) is 14.5 Å². The first-order valence-corrected chi connectivity index (χ1v) is 12.1. The van der Waals surface area contributed by atoms with Gasteiger partial charge in [0.1, 0.15) is 22.9 Å². The number of aromatic nitrogens is 4. The van der Waals surface area contributed by atoms with Crippen LogP contribution in [0, 0.1) is 5.82 Å². The second-order valence-electron chi connectivity index (χ2n) is 9.95. The van der Waals surface area contributed by atoms with Gasteiger partial charge in [0, 0.05) is 17.1 Å². The van der Waals surface area contributed by atoms with E-state index in [1.54, 1.807) is 17.2 Å². The first kappa shape index (κ1) is 23.5. The average molecular weight is 496 g/mol. The van der Waals surface area contributed by atoms with Crippen LogP contribution in [-0.2, 0) is 17.8 Å². The van der Waals surface area contributed by atoms with Crippen molar-refractivity contribution < 1.29 is 13.9 Å². The molecule has 1 aromatic carbocycles. The minimum atomic E-state index is -0.612. The zero-order chi connectivity index (χ0) is 24.7. The fourth-order valence-corrected chi connectivity index (χ4v) is 4.85. The largest absolute Gasteiger partial charge is 0.444 e. The highest BCUT2D eigenvalue weighted by Gasteiger charge is 2.32. The maximum absolute atomic E-state index is 14.2. The van der Waals surface area contributed by atoms with Crippen LogP contribution in [0.1, 0.15) is 68.9 Å². The van der Waals surface area contributed by atoms with E-state index in [2.05, 4.69) is 15.2 Å². The number of nitrogens with zero attached hydrogens (tertiary/aromatic N) is 5. The fourth-order valence-electron chi connectivity index (χ4n) is 4.65. The number of pyridine rings is 1. The Kier molecular flexibility index (Phi) is 6.09. The second-order valence-corrected chi connectivity index (χ2v) is 10.4. The Morgan fingerprint density at radius 2 is 2.03 bits per heavy atom. The monoisotopic (exact) mass is 495 g/mol. The summed E-state index contributed by atoms with van der Waals surface area (Å²) in [5.41, 5.74) is 2.52. The number of allylic oxidation sites excluding steroid dienone is 2. The average Bonchev–Trinajstić information content (AvgIpc) is 3.14. The maximum atomic E-state index is 14.2. The van der Waals surface area contributed by atoms with E-state index in [4.69, 9.17) is 16.3 Å². The van der Waals surface area contributed by atoms with E-state index in [9.17, 15) is 9.18 Å². The molecule has 9 heteroatoms. The molecule has 5 rings (SSSR count). The van der Waals surface area contributed by atoms with E-state index in [0.717, 1.165) is 29.1 Å². The van der Waals surface area contributed by atoms with E-state index in [1.165, 1.54) is 6.07 Å². The quantitative estimate of drug-likeness (QED) is 0.432. The van der Waals surface area contributed by atoms with Crippen LogP contribution >= 0.6 is 11.6 Å². The third-order valence-corrected chi connectivity index (χ3v) is 6.46. The standard InChI is InChI=1S/C26H27ClFN5O2/c1-26(2,3)35-25(34)32-14-18-13-19(27)10-11-21(18)33-22(15-32)30-31-24(33)17-8-6-16(7-9-17)23-20(28)5-4-12-29-23/h4-6,10-13,17H,7-9,14-15H2,1-3H3. The van der Waals surface area contributed by atoms with Crippen LogP contribution in [0.2, 0.25) is 5.02 Å². The van der Waals surface area contributed by atoms with Gasteiger partial charge >= 0.3 is 6.09 Å². The highest BCUT2D eigenvalue weighted by Crippen LogP contribution is 2.38. The van der Waals surface area contributed by atoms with Gasteiger partial charge in [0.25, 0.3) is 0 Å². The second kappa shape index (κ2) is 9.07. The van der Waals surface area contributed by atoms with Crippen molar-refractivity contribution in [2.24, 2.45) is 0 Å². The van der Waals surface area contributed by atoms with Crippen molar-refractivity contribution in [1.82, 2.24) is 24.6 Å². The molecule has 1 amide bonds. The lowest BCUT2D eigenvalue weighted by atomic mass is 9.87. The van der Waals surface area contributed by atoms with Crippen molar-refractivity contribution in [3.05, 3.63) is 76.4 Å². The minimum absolute atomic E-state index is 0.100. The van der Waals surface area contributed by atoms with Gasteiger partial charge in [-0.2, -0.15) is 0 Å². The molecule has 0 N–H and O–H groups in total. The summed E-state index contributed by atoms with van der Waals surface area (Å²) in [4.78, 5) is 18.8. The topological polar surface area (TPSA) is 73.1 Å². The summed E-state index contributed by atoms with van der Waals surface area (Å²) < 4.78 is 21.9. The van der Waals surface area contributed by atoms with Crippen LogP contribution in [0.15, 0.2) is 42.6 Å². The van der Waals surface area contributed by atoms with Crippen LogP contribution in [0.4, 0.5) is 9.18 Å². The lowest BCUT2D eigenvalue weighted by Crippen LogP contribution is -2.35. The number of ether oxygens (including phenoxy) is 1. The highest BCUT2D eigenvalue weighted by molar-refractivity contribution is 6.30. The summed E-state index contributed by atoms with van der Waals surface area (Å²) in [6.07, 6.45) is 5.43. The van der Waals surface area contributed by atoms with E-state index >= 15 is 0 Å². The molecule has 1 unspecified atom stereocenters. The van der Waals surface area contributed by atoms with Crippen molar-refractivity contribution in [1.29, 1.82) is 0 Å². The zero-order valence-electron chi connectivity index (χ0n) is 20.0. The van der Waals surface area contributed by atoms with E-state index < -0.39 is 11.7 Å². The molecule has 7 nitrogen and oxygen atoms in total. The Labute approximate surface area is 208 Å². The number of carbonyl (C=O) groups is 1. The summed E-state index contributed by atoms with van der Waals surface area (Å²) in [6, 6.07) is 8.68. The first-order chi connectivity index (χ1) is 16.7. The van der Waals surface area contributed by atoms with Crippen LogP contribution < -0.4 is 0 Å². The normalized spacial score (nSPS) is 17.8. The third kappa shape index (κ3) is 4.80. The first-order valence-electron chi connectivity index (χ1n) is 11.7. The smallest absolute Gasteiger partial charge is 0.411 e. The summed E-state index contributed by atoms with van der Waals surface area (Å²) in [7, 11) is 0. The van der Waals surface area contributed by atoms with Gasteiger partial charge in [0.2, 0.25) is 0 Å². The van der Waals surface area contributed by atoms with Gasteiger partial charge in [0.05, 0.1) is 18.8 Å². The van der Waals surface area contributed by atoms with Crippen molar-refractivity contribution >= 4 is 23.3 Å². The molecule has 0 bridgehead atoms. The predicted octanol–water partition coefficient (Wildman–Crippen LogP) is 6.06. The molecule has 1 aliphatic carbocycles. The molecule has 35 heavy (non-hydrogen) atoms. The van der Waals surface area contributed by atoms with E-state index in [0.29, 0.717) is 35.9 Å². The molecular formula is C26H27ClFN5O2. The Morgan fingerprint density at radius 3 is 2.74 bits per heavy atom. The Morgan fingerprint density at radius 1 is 1.20 bits per heavy atom.